The quantitative estimate of drug-likeness (QED) is 0.490. The van der Waals surface area contributed by atoms with E-state index in [1.54, 1.807) is 5.32 Å². The van der Waals surface area contributed by atoms with Crippen LogP contribution in [-0.2, 0) is 23.9 Å². The standard InChI is InChI=1S/C20H20BrClF3N7O2/c1-2-14-16(30-7-5-26-6-8-30)17(34)32-19(28-18(21)29-32)31(14)10-15(33)27-13-4-3-11(9-12(13)22)20(23,24)25/h3-4,9,26H,2,5-8,10H2,1H3,(H,27,33)/i5D2,6D2,7D2,8D2. The Bertz CT molecular complexity index is 1620. The molecule has 1 saturated heterocycles. The second-order valence-electron chi connectivity index (χ2n) is 6.81. The molecule has 2 N–H and O–H groups in total. The fourth-order valence-electron chi connectivity index (χ4n) is 3.28. The number of carbonyl (C=O) groups is 1. The first-order chi connectivity index (χ1) is 19.1. The molecule has 1 aliphatic heterocycles. The summed E-state index contributed by atoms with van der Waals surface area (Å²) in [5.41, 5.74) is -3.53. The Labute approximate surface area is 216 Å². The molecular formula is C20H20BrClF3N7O2. The van der Waals surface area contributed by atoms with Crippen LogP contribution in [0.15, 0.2) is 27.7 Å². The number of aromatic nitrogens is 4. The molecule has 1 aliphatic rings. The van der Waals surface area contributed by atoms with Crippen LogP contribution in [-0.4, -0.2) is 51.1 Å². The van der Waals surface area contributed by atoms with Gasteiger partial charge in [0.25, 0.3) is 5.56 Å². The topological polar surface area (TPSA) is 96.6 Å². The highest BCUT2D eigenvalue weighted by atomic mass is 79.9. The third-order valence-corrected chi connectivity index (χ3v) is 5.34. The average molecular weight is 571 g/mol. The van der Waals surface area contributed by atoms with Crippen molar-refractivity contribution in [1.29, 1.82) is 0 Å². The van der Waals surface area contributed by atoms with Crippen molar-refractivity contribution in [3.63, 3.8) is 0 Å². The molecule has 0 radical (unpaired) electrons. The molecule has 1 aromatic carbocycles. The van der Waals surface area contributed by atoms with Crippen molar-refractivity contribution in [2.75, 3.05) is 36.2 Å². The van der Waals surface area contributed by atoms with Crippen LogP contribution in [0.3, 0.4) is 0 Å². The molecule has 182 valence electrons. The summed E-state index contributed by atoms with van der Waals surface area (Å²) in [5, 5.41) is 7.45. The molecule has 0 aliphatic carbocycles. The molecule has 0 unspecified atom stereocenters. The van der Waals surface area contributed by atoms with Gasteiger partial charge in [-0.1, -0.05) is 18.5 Å². The molecule has 0 spiro atoms. The van der Waals surface area contributed by atoms with Crippen molar-refractivity contribution in [2.45, 2.75) is 26.1 Å². The zero-order valence-corrected chi connectivity index (χ0v) is 19.4. The van der Waals surface area contributed by atoms with Crippen LogP contribution in [0.1, 0.15) is 29.1 Å². The second kappa shape index (κ2) is 9.55. The highest BCUT2D eigenvalue weighted by Crippen LogP contribution is 2.33. The monoisotopic (exact) mass is 569 g/mol. The summed E-state index contributed by atoms with van der Waals surface area (Å²) in [6.45, 7) is -12.5. The number of nitrogens with one attached hydrogen (secondary N) is 2. The van der Waals surface area contributed by atoms with Crippen LogP contribution in [0.4, 0.5) is 24.5 Å². The van der Waals surface area contributed by atoms with Crippen molar-refractivity contribution < 1.29 is 28.9 Å². The van der Waals surface area contributed by atoms with Crippen LogP contribution >= 0.6 is 27.5 Å². The maximum absolute atomic E-state index is 13.7. The molecular weight excluding hydrogens is 543 g/mol. The number of fused-ring (bicyclic) bond motifs is 1. The van der Waals surface area contributed by atoms with Crippen molar-refractivity contribution >= 4 is 50.6 Å². The lowest BCUT2D eigenvalue weighted by Gasteiger charge is -2.31. The molecule has 3 heterocycles. The number of rotatable bonds is 5. The lowest BCUT2D eigenvalue weighted by Crippen LogP contribution is -2.47. The minimum Gasteiger partial charge on any atom is -0.363 e. The van der Waals surface area contributed by atoms with Crippen molar-refractivity contribution in [2.24, 2.45) is 0 Å². The van der Waals surface area contributed by atoms with Crippen LogP contribution in [0, 0.1) is 0 Å². The van der Waals surface area contributed by atoms with E-state index in [0.29, 0.717) is 16.6 Å². The van der Waals surface area contributed by atoms with E-state index < -0.39 is 66.4 Å². The van der Waals surface area contributed by atoms with Crippen LogP contribution < -0.4 is 21.1 Å². The Morgan fingerprint density at radius 1 is 1.35 bits per heavy atom. The van der Waals surface area contributed by atoms with Crippen molar-refractivity contribution in [3.8, 4) is 0 Å². The highest BCUT2D eigenvalue weighted by molar-refractivity contribution is 9.10. The first kappa shape index (κ1) is 16.1. The first-order valence-electron chi connectivity index (χ1n) is 13.5. The normalized spacial score (nSPS) is 24.0. The number of hydrogen-bond acceptors (Lipinski definition) is 6. The Morgan fingerprint density at radius 2 is 2.06 bits per heavy atom. The summed E-state index contributed by atoms with van der Waals surface area (Å²) in [6.07, 6.45) is -4.89. The van der Waals surface area contributed by atoms with Gasteiger partial charge in [-0.3, -0.25) is 9.59 Å². The molecule has 0 bridgehead atoms. The summed E-state index contributed by atoms with van der Waals surface area (Å²) < 4.78 is 107. The first-order valence-corrected chi connectivity index (χ1v) is 10.7. The summed E-state index contributed by atoms with van der Waals surface area (Å²) in [7, 11) is 0. The molecule has 0 atom stereocenters. The highest BCUT2D eigenvalue weighted by Gasteiger charge is 2.31. The number of nitrogens with zero attached hydrogens (tertiary/aromatic N) is 5. The number of halogens is 5. The Kier molecular flexibility index (Phi) is 4.52. The summed E-state index contributed by atoms with van der Waals surface area (Å²) >= 11 is 8.94. The van der Waals surface area contributed by atoms with E-state index >= 15 is 0 Å². The predicted octanol–water partition coefficient (Wildman–Crippen LogP) is 2.94. The zero-order chi connectivity index (χ0) is 31.8. The number of alkyl halides is 3. The number of benzene rings is 1. The van der Waals surface area contributed by atoms with E-state index in [1.807, 2.05) is 0 Å². The number of anilines is 2. The van der Waals surface area contributed by atoms with Gasteiger partial charge in [0.15, 0.2) is 0 Å². The van der Waals surface area contributed by atoms with Gasteiger partial charge in [0.05, 0.1) is 27.5 Å². The Balaban J connectivity index is 1.90. The molecule has 1 fully saturated rings. The molecule has 3 aromatic rings. The largest absolute Gasteiger partial charge is 0.416 e. The summed E-state index contributed by atoms with van der Waals surface area (Å²) in [5.74, 6) is -1.19. The van der Waals surface area contributed by atoms with E-state index in [1.165, 1.54) is 6.92 Å². The minimum absolute atomic E-state index is 0.0494. The average Bonchev–Trinajstić information content (AvgIpc) is 3.22. The number of hydrogen-bond donors (Lipinski definition) is 2. The summed E-state index contributed by atoms with van der Waals surface area (Å²) in [6, 6.07) is 2.23. The van der Waals surface area contributed by atoms with Gasteiger partial charge in [0.2, 0.25) is 16.4 Å². The van der Waals surface area contributed by atoms with Crippen LogP contribution in [0.5, 0.6) is 0 Å². The molecule has 2 aromatic heterocycles. The van der Waals surface area contributed by atoms with Crippen LogP contribution in [0.25, 0.3) is 5.78 Å². The van der Waals surface area contributed by atoms with Gasteiger partial charge in [0, 0.05) is 31.5 Å². The lowest BCUT2D eigenvalue weighted by atomic mass is 10.2. The maximum Gasteiger partial charge on any atom is 0.416 e. The predicted molar refractivity (Wildman–Crippen MR) is 124 cm³/mol. The van der Waals surface area contributed by atoms with E-state index in [2.05, 4.69) is 31.3 Å². The van der Waals surface area contributed by atoms with Crippen molar-refractivity contribution in [1.82, 2.24) is 24.5 Å². The molecule has 9 nitrogen and oxygen atoms in total. The fraction of sp³-hybridized carbons (Fsp3) is 0.400. The smallest absolute Gasteiger partial charge is 0.363 e. The van der Waals surface area contributed by atoms with Crippen molar-refractivity contribution in [3.05, 3.63) is 49.6 Å². The Hall–Kier alpha value is -2.64. The SMILES string of the molecule is [2H]C1([2H])NC([2H])([2H])C([2H])([2H])N(c2c(CC)n(CC(=O)Nc3ccc(C(F)(F)F)cc3Cl)c3nc(Br)nn3c2=O)C1([2H])[2H]. The molecule has 0 saturated carbocycles. The van der Waals surface area contributed by atoms with Gasteiger partial charge in [-0.25, -0.2) is 0 Å². The lowest BCUT2D eigenvalue weighted by molar-refractivity contribution is -0.137. The van der Waals surface area contributed by atoms with E-state index in [4.69, 9.17) is 22.6 Å². The van der Waals surface area contributed by atoms with E-state index in [0.717, 1.165) is 10.6 Å². The fourth-order valence-corrected chi connectivity index (χ4v) is 3.82. The van der Waals surface area contributed by atoms with Gasteiger partial charge >= 0.3 is 6.18 Å². The second-order valence-corrected chi connectivity index (χ2v) is 7.92. The van der Waals surface area contributed by atoms with E-state index in [9.17, 15) is 22.8 Å². The third kappa shape index (κ3) is 4.77. The number of carbonyl (C=O) groups excluding carboxylic acids is 1. The van der Waals surface area contributed by atoms with Gasteiger partial charge in [-0.15, -0.1) is 5.10 Å². The Morgan fingerprint density at radius 3 is 2.68 bits per heavy atom. The van der Waals surface area contributed by atoms with Gasteiger partial charge in [-0.2, -0.15) is 22.7 Å². The van der Waals surface area contributed by atoms with Gasteiger partial charge < -0.3 is 20.1 Å². The number of amides is 1. The molecule has 4 rings (SSSR count). The number of piperazine rings is 1. The minimum atomic E-state index is -4.69. The molecule has 14 heteroatoms. The molecule has 34 heavy (non-hydrogen) atoms. The van der Waals surface area contributed by atoms with Gasteiger partial charge in [0.1, 0.15) is 12.2 Å². The van der Waals surface area contributed by atoms with Crippen LogP contribution in [0.2, 0.25) is 5.02 Å². The van der Waals surface area contributed by atoms with E-state index in [-0.39, 0.29) is 33.2 Å². The zero-order valence-electron chi connectivity index (χ0n) is 25.1. The van der Waals surface area contributed by atoms with Gasteiger partial charge in [-0.05, 0) is 40.5 Å². The maximum atomic E-state index is 13.7. The third-order valence-electron chi connectivity index (χ3n) is 4.69. The summed E-state index contributed by atoms with van der Waals surface area (Å²) in [4.78, 5) is 30.9. The molecule has 1 amide bonds.